The molecule has 0 amide bonds. The summed E-state index contributed by atoms with van der Waals surface area (Å²) in [4.78, 5) is 11.8. The van der Waals surface area contributed by atoms with Gasteiger partial charge in [-0.15, -0.1) is 0 Å². The van der Waals surface area contributed by atoms with Crippen molar-refractivity contribution in [1.82, 2.24) is 0 Å². The van der Waals surface area contributed by atoms with Gasteiger partial charge in [-0.3, -0.25) is 4.79 Å². The molecule has 0 aromatic heterocycles. The number of fused-ring (bicyclic) bond motifs is 5. The van der Waals surface area contributed by atoms with Gasteiger partial charge in [0.1, 0.15) is 0 Å². The lowest BCUT2D eigenvalue weighted by Gasteiger charge is -2.59. The fourth-order valence-electron chi connectivity index (χ4n) is 6.50. The highest BCUT2D eigenvalue weighted by Crippen LogP contribution is 2.65. The van der Waals surface area contributed by atoms with Crippen LogP contribution in [0.15, 0.2) is 11.6 Å². The summed E-state index contributed by atoms with van der Waals surface area (Å²) in [5.74, 6) is 1.44. The summed E-state index contributed by atoms with van der Waals surface area (Å²) >= 11 is 0. The predicted octanol–water partition coefficient (Wildman–Crippen LogP) is 2.85. The molecule has 0 radical (unpaired) electrons. The molecule has 3 saturated carbocycles. The van der Waals surface area contributed by atoms with Crippen LogP contribution in [0.4, 0.5) is 0 Å². The number of aliphatic hydroxyl groups is 2. The zero-order valence-electron chi connectivity index (χ0n) is 13.7. The average molecular weight is 304 g/mol. The maximum Gasteiger partial charge on any atom is 0.155 e. The highest BCUT2D eigenvalue weighted by molar-refractivity contribution is 5.91. The molecule has 3 nitrogen and oxygen atoms in total. The van der Waals surface area contributed by atoms with Gasteiger partial charge in [-0.1, -0.05) is 19.4 Å². The predicted molar refractivity (Wildman–Crippen MR) is 84.1 cm³/mol. The second kappa shape index (κ2) is 4.67. The standard InChI is InChI=1S/C19H28O3/c1-18-7-5-12(20)9-11(18)10-15(21)17-13-3-4-16(22)19(13,2)8-6-14(17)18/h9,13-17,21-22H,3-8,10H2,1-2H3. The van der Waals surface area contributed by atoms with Crippen molar-refractivity contribution in [3.8, 4) is 0 Å². The first-order valence-electron chi connectivity index (χ1n) is 8.96. The lowest BCUT2D eigenvalue weighted by molar-refractivity contribution is -0.127. The topological polar surface area (TPSA) is 57.5 Å². The van der Waals surface area contributed by atoms with E-state index in [1.54, 1.807) is 0 Å². The van der Waals surface area contributed by atoms with Crippen LogP contribution in [0.25, 0.3) is 0 Å². The summed E-state index contributed by atoms with van der Waals surface area (Å²) in [6.07, 6.45) is 7.61. The Kier molecular flexibility index (Phi) is 3.16. The summed E-state index contributed by atoms with van der Waals surface area (Å²) in [6, 6.07) is 0. The Labute approximate surface area is 132 Å². The lowest BCUT2D eigenvalue weighted by Crippen LogP contribution is -2.55. The van der Waals surface area contributed by atoms with E-state index in [2.05, 4.69) is 13.8 Å². The minimum atomic E-state index is -0.342. The maximum absolute atomic E-state index is 11.8. The number of carbonyl (C=O) groups is 1. The SMILES string of the molecule is CC12CCC(=O)C=C1CC(O)C1C2CCC2(C)C(O)CCC12. The Morgan fingerprint density at radius 2 is 1.86 bits per heavy atom. The van der Waals surface area contributed by atoms with Crippen LogP contribution in [0.1, 0.15) is 58.8 Å². The van der Waals surface area contributed by atoms with Crippen LogP contribution < -0.4 is 0 Å². The molecule has 2 N–H and O–H groups in total. The van der Waals surface area contributed by atoms with Crippen molar-refractivity contribution in [1.29, 1.82) is 0 Å². The minimum Gasteiger partial charge on any atom is -0.393 e. The van der Waals surface area contributed by atoms with E-state index < -0.39 is 0 Å². The molecule has 4 aliphatic rings. The molecular weight excluding hydrogens is 276 g/mol. The van der Waals surface area contributed by atoms with E-state index in [0.717, 1.165) is 32.1 Å². The van der Waals surface area contributed by atoms with Crippen LogP contribution in [0.5, 0.6) is 0 Å². The largest absolute Gasteiger partial charge is 0.393 e. The molecule has 4 aliphatic carbocycles. The first kappa shape index (κ1) is 14.9. The first-order valence-corrected chi connectivity index (χ1v) is 8.96. The number of hydrogen-bond acceptors (Lipinski definition) is 3. The molecule has 0 saturated heterocycles. The van der Waals surface area contributed by atoms with Gasteiger partial charge in [0.2, 0.25) is 0 Å². The molecule has 7 atom stereocenters. The Hall–Kier alpha value is -0.670. The number of carbonyl (C=O) groups excluding carboxylic acids is 1. The van der Waals surface area contributed by atoms with E-state index in [1.807, 2.05) is 6.08 Å². The Bertz CT molecular complexity index is 539. The van der Waals surface area contributed by atoms with Gasteiger partial charge >= 0.3 is 0 Å². The van der Waals surface area contributed by atoms with Crippen LogP contribution in [-0.4, -0.2) is 28.2 Å². The van der Waals surface area contributed by atoms with E-state index >= 15 is 0 Å². The number of aliphatic hydroxyl groups excluding tert-OH is 2. The van der Waals surface area contributed by atoms with Crippen molar-refractivity contribution >= 4 is 5.78 Å². The first-order chi connectivity index (χ1) is 10.4. The lowest BCUT2D eigenvalue weighted by atomic mass is 9.46. The molecule has 3 fully saturated rings. The number of hydrogen-bond donors (Lipinski definition) is 2. The van der Waals surface area contributed by atoms with E-state index in [-0.39, 0.29) is 28.8 Å². The second-order valence-corrected chi connectivity index (χ2v) is 8.75. The summed E-state index contributed by atoms with van der Waals surface area (Å²) in [5, 5.41) is 21.3. The number of ketones is 1. The van der Waals surface area contributed by atoms with Gasteiger partial charge in [0.15, 0.2) is 5.78 Å². The smallest absolute Gasteiger partial charge is 0.155 e. The highest BCUT2D eigenvalue weighted by Gasteiger charge is 2.61. The van der Waals surface area contributed by atoms with Crippen LogP contribution >= 0.6 is 0 Å². The fraction of sp³-hybridized carbons (Fsp3) is 0.842. The van der Waals surface area contributed by atoms with Crippen molar-refractivity contribution in [2.75, 3.05) is 0 Å². The van der Waals surface area contributed by atoms with Gasteiger partial charge in [-0.2, -0.15) is 0 Å². The van der Waals surface area contributed by atoms with E-state index in [9.17, 15) is 15.0 Å². The van der Waals surface area contributed by atoms with Gasteiger partial charge in [0.05, 0.1) is 12.2 Å². The fourth-order valence-corrected chi connectivity index (χ4v) is 6.50. The van der Waals surface area contributed by atoms with E-state index in [4.69, 9.17) is 0 Å². The molecule has 3 heteroatoms. The molecule has 0 bridgehead atoms. The van der Waals surface area contributed by atoms with Crippen LogP contribution in [0.3, 0.4) is 0 Å². The van der Waals surface area contributed by atoms with E-state index in [0.29, 0.717) is 30.6 Å². The normalized spacial score (nSPS) is 54.3. The quantitative estimate of drug-likeness (QED) is 0.723. The zero-order chi connectivity index (χ0) is 15.7. The molecule has 122 valence electrons. The van der Waals surface area contributed by atoms with Gasteiger partial charge in [0.25, 0.3) is 0 Å². The van der Waals surface area contributed by atoms with Crippen LogP contribution in [-0.2, 0) is 4.79 Å². The molecule has 7 unspecified atom stereocenters. The molecule has 4 rings (SSSR count). The third kappa shape index (κ3) is 1.78. The maximum atomic E-state index is 11.8. The molecular formula is C19H28O3. The average Bonchev–Trinajstić information content (AvgIpc) is 2.77. The van der Waals surface area contributed by atoms with Crippen molar-refractivity contribution in [3.63, 3.8) is 0 Å². The summed E-state index contributed by atoms with van der Waals surface area (Å²) < 4.78 is 0. The Morgan fingerprint density at radius 3 is 2.64 bits per heavy atom. The van der Waals surface area contributed by atoms with E-state index in [1.165, 1.54) is 5.57 Å². The molecule has 0 aromatic rings. The van der Waals surface area contributed by atoms with Crippen LogP contribution in [0.2, 0.25) is 0 Å². The van der Waals surface area contributed by atoms with Gasteiger partial charge in [-0.05, 0) is 73.2 Å². The summed E-state index contributed by atoms with van der Waals surface area (Å²) in [5.41, 5.74) is 1.27. The van der Waals surface area contributed by atoms with Crippen molar-refractivity contribution in [2.45, 2.75) is 71.0 Å². The molecule has 0 aliphatic heterocycles. The van der Waals surface area contributed by atoms with Crippen LogP contribution in [0, 0.1) is 28.6 Å². The molecule has 0 heterocycles. The van der Waals surface area contributed by atoms with Crippen molar-refractivity contribution in [2.24, 2.45) is 28.6 Å². The van der Waals surface area contributed by atoms with Crippen molar-refractivity contribution in [3.05, 3.63) is 11.6 Å². The highest BCUT2D eigenvalue weighted by atomic mass is 16.3. The number of rotatable bonds is 0. The summed E-state index contributed by atoms with van der Waals surface area (Å²) in [6.45, 7) is 4.55. The molecule has 0 spiro atoms. The monoisotopic (exact) mass is 304 g/mol. The third-order valence-corrected chi connectivity index (χ3v) is 7.93. The summed E-state index contributed by atoms with van der Waals surface area (Å²) in [7, 11) is 0. The zero-order valence-corrected chi connectivity index (χ0v) is 13.7. The van der Waals surface area contributed by atoms with Gasteiger partial charge < -0.3 is 10.2 Å². The Balaban J connectivity index is 1.74. The van der Waals surface area contributed by atoms with Gasteiger partial charge in [-0.25, -0.2) is 0 Å². The van der Waals surface area contributed by atoms with Crippen molar-refractivity contribution < 1.29 is 15.0 Å². The second-order valence-electron chi connectivity index (χ2n) is 8.75. The molecule has 22 heavy (non-hydrogen) atoms. The van der Waals surface area contributed by atoms with Gasteiger partial charge in [0, 0.05) is 6.42 Å². The molecule has 0 aromatic carbocycles. The third-order valence-electron chi connectivity index (χ3n) is 7.93. The Morgan fingerprint density at radius 1 is 1.09 bits per heavy atom. The minimum absolute atomic E-state index is 0.00971.